The Balaban J connectivity index is 2.71. The Kier molecular flexibility index (Phi) is 6.26. The van der Waals surface area contributed by atoms with E-state index in [2.05, 4.69) is 5.32 Å². The molecule has 0 fully saturated rings. The van der Waals surface area contributed by atoms with E-state index in [9.17, 15) is 13.6 Å². The molecule has 0 aliphatic carbocycles. The first-order valence-electron chi connectivity index (χ1n) is 6.56. The average Bonchev–Trinajstić information content (AvgIpc) is 2.33. The molecule has 112 valence electrons. The highest BCUT2D eigenvalue weighted by molar-refractivity contribution is 8.00. The highest BCUT2D eigenvalue weighted by atomic mass is 32.2. The number of rotatable bonds is 6. The highest BCUT2D eigenvalue weighted by Crippen LogP contribution is 2.30. The highest BCUT2D eigenvalue weighted by Gasteiger charge is 2.20. The van der Waals surface area contributed by atoms with Crippen LogP contribution in [0.3, 0.4) is 0 Å². The number of carbonyl (C=O) groups excluding carboxylic acids is 1. The van der Waals surface area contributed by atoms with Crippen molar-refractivity contribution in [2.24, 2.45) is 0 Å². The van der Waals surface area contributed by atoms with E-state index in [1.807, 2.05) is 13.8 Å². The van der Waals surface area contributed by atoms with Crippen molar-refractivity contribution < 1.29 is 13.6 Å². The summed E-state index contributed by atoms with van der Waals surface area (Å²) in [6.45, 7) is 5.55. The molecule has 0 saturated heterocycles. The quantitative estimate of drug-likeness (QED) is 0.626. The first-order chi connectivity index (χ1) is 9.35. The van der Waals surface area contributed by atoms with Gasteiger partial charge in [-0.1, -0.05) is 13.3 Å². The minimum absolute atomic E-state index is 0.0259. The maximum atomic E-state index is 13.6. The van der Waals surface area contributed by atoms with Crippen molar-refractivity contribution in [1.29, 1.82) is 0 Å². The fraction of sp³-hybridized carbons (Fsp3) is 0.500. The maximum Gasteiger partial charge on any atom is 0.233 e. The summed E-state index contributed by atoms with van der Waals surface area (Å²) in [5, 5.41) is 2.24. The van der Waals surface area contributed by atoms with Crippen molar-refractivity contribution in [2.45, 2.75) is 49.8 Å². The van der Waals surface area contributed by atoms with Crippen molar-refractivity contribution in [2.75, 3.05) is 5.73 Å². The summed E-state index contributed by atoms with van der Waals surface area (Å²) >= 11 is 0.856. The average molecular weight is 302 g/mol. The zero-order valence-corrected chi connectivity index (χ0v) is 12.7. The van der Waals surface area contributed by atoms with Gasteiger partial charge in [-0.15, -0.1) is 11.8 Å². The molecule has 0 heterocycles. The van der Waals surface area contributed by atoms with E-state index >= 15 is 0 Å². The first kappa shape index (κ1) is 16.8. The molecule has 0 radical (unpaired) electrons. The zero-order chi connectivity index (χ0) is 15.3. The van der Waals surface area contributed by atoms with Crippen LogP contribution in [0.2, 0.25) is 0 Å². The summed E-state index contributed by atoms with van der Waals surface area (Å²) in [7, 11) is 0. The van der Waals surface area contributed by atoms with Crippen molar-refractivity contribution in [1.82, 2.24) is 5.32 Å². The normalized spacial score (nSPS) is 13.8. The predicted molar refractivity (Wildman–Crippen MR) is 78.6 cm³/mol. The molecule has 1 aromatic rings. The Hall–Kier alpha value is -1.30. The Morgan fingerprint density at radius 2 is 1.90 bits per heavy atom. The number of hydrogen-bond acceptors (Lipinski definition) is 3. The van der Waals surface area contributed by atoms with Gasteiger partial charge in [0.25, 0.3) is 0 Å². The van der Waals surface area contributed by atoms with Gasteiger partial charge in [-0.05, 0) is 32.4 Å². The van der Waals surface area contributed by atoms with Crippen LogP contribution in [0, 0.1) is 11.6 Å². The van der Waals surface area contributed by atoms with Crippen LogP contribution in [0.15, 0.2) is 17.0 Å². The third-order valence-corrected chi connectivity index (χ3v) is 3.99. The molecule has 0 spiro atoms. The lowest BCUT2D eigenvalue weighted by Crippen LogP contribution is -2.37. The van der Waals surface area contributed by atoms with Gasteiger partial charge in [0, 0.05) is 11.7 Å². The third-order valence-electron chi connectivity index (χ3n) is 2.79. The molecule has 2 unspecified atom stereocenters. The molecule has 20 heavy (non-hydrogen) atoms. The number of hydrogen-bond donors (Lipinski definition) is 2. The van der Waals surface area contributed by atoms with Gasteiger partial charge < -0.3 is 11.1 Å². The summed E-state index contributed by atoms with van der Waals surface area (Å²) in [6, 6.07) is 2.16. The van der Waals surface area contributed by atoms with Gasteiger partial charge in [-0.25, -0.2) is 8.78 Å². The largest absolute Gasteiger partial charge is 0.399 e. The number of anilines is 1. The van der Waals surface area contributed by atoms with Crippen LogP contribution in [-0.4, -0.2) is 17.2 Å². The number of benzene rings is 1. The number of nitrogens with one attached hydrogen (secondary N) is 1. The topological polar surface area (TPSA) is 55.1 Å². The van der Waals surface area contributed by atoms with Gasteiger partial charge in [-0.3, -0.25) is 4.79 Å². The summed E-state index contributed by atoms with van der Waals surface area (Å²) < 4.78 is 27.3. The lowest BCUT2D eigenvalue weighted by atomic mass is 10.2. The van der Waals surface area contributed by atoms with Crippen LogP contribution < -0.4 is 11.1 Å². The number of nitrogens with two attached hydrogens (primary N) is 1. The number of amides is 1. The second-order valence-electron chi connectivity index (χ2n) is 4.77. The van der Waals surface area contributed by atoms with Gasteiger partial charge in [0.15, 0.2) is 0 Å². The third kappa shape index (κ3) is 4.67. The van der Waals surface area contributed by atoms with E-state index in [0.29, 0.717) is 0 Å². The lowest BCUT2D eigenvalue weighted by molar-refractivity contribution is -0.120. The Morgan fingerprint density at radius 1 is 1.35 bits per heavy atom. The van der Waals surface area contributed by atoms with Crippen LogP contribution in [0.5, 0.6) is 0 Å². The molecule has 3 N–H and O–H groups in total. The summed E-state index contributed by atoms with van der Waals surface area (Å²) in [6.07, 6.45) is 1.83. The molecule has 1 rings (SSSR count). The number of nitrogen functional groups attached to an aromatic ring is 1. The minimum Gasteiger partial charge on any atom is -0.399 e. The van der Waals surface area contributed by atoms with Gasteiger partial charge in [-0.2, -0.15) is 0 Å². The summed E-state index contributed by atoms with van der Waals surface area (Å²) in [5.41, 5.74) is 5.38. The number of halogens is 2. The standard InChI is InChI=1S/C14H20F2N2OS/c1-4-5-8(2)18-14(19)9(3)20-13-11(15)6-10(17)7-12(13)16/h6-9H,4-5,17H2,1-3H3,(H,18,19). The Labute approximate surface area is 122 Å². The number of thioether (sulfide) groups is 1. The van der Waals surface area contributed by atoms with Crippen LogP contribution in [0.25, 0.3) is 0 Å². The van der Waals surface area contributed by atoms with E-state index in [1.165, 1.54) is 0 Å². The fourth-order valence-electron chi connectivity index (χ4n) is 1.79. The molecule has 3 nitrogen and oxygen atoms in total. The Morgan fingerprint density at radius 3 is 2.40 bits per heavy atom. The molecule has 2 atom stereocenters. The van der Waals surface area contributed by atoms with E-state index < -0.39 is 16.9 Å². The van der Waals surface area contributed by atoms with Crippen LogP contribution >= 0.6 is 11.8 Å². The minimum atomic E-state index is -0.742. The zero-order valence-electron chi connectivity index (χ0n) is 11.9. The lowest BCUT2D eigenvalue weighted by Gasteiger charge is -2.17. The summed E-state index contributed by atoms with van der Waals surface area (Å²) in [5.74, 6) is -1.71. The second-order valence-corrected chi connectivity index (χ2v) is 6.12. The molecule has 6 heteroatoms. The number of carbonyl (C=O) groups is 1. The first-order valence-corrected chi connectivity index (χ1v) is 7.44. The van der Waals surface area contributed by atoms with Crippen LogP contribution in [-0.2, 0) is 4.79 Å². The van der Waals surface area contributed by atoms with Crippen molar-refractivity contribution in [3.8, 4) is 0 Å². The molecule has 1 amide bonds. The molecular weight excluding hydrogens is 282 g/mol. The van der Waals surface area contributed by atoms with E-state index in [0.717, 1.165) is 36.7 Å². The van der Waals surface area contributed by atoms with Crippen LogP contribution in [0.4, 0.5) is 14.5 Å². The van der Waals surface area contributed by atoms with Gasteiger partial charge in [0.2, 0.25) is 5.91 Å². The maximum absolute atomic E-state index is 13.6. The Bertz CT molecular complexity index is 459. The van der Waals surface area contributed by atoms with Gasteiger partial charge in [0.1, 0.15) is 11.6 Å². The van der Waals surface area contributed by atoms with Crippen molar-refractivity contribution in [3.63, 3.8) is 0 Å². The molecule has 0 saturated carbocycles. The van der Waals surface area contributed by atoms with E-state index in [-0.39, 0.29) is 22.5 Å². The van der Waals surface area contributed by atoms with Gasteiger partial charge >= 0.3 is 0 Å². The van der Waals surface area contributed by atoms with E-state index in [4.69, 9.17) is 5.73 Å². The predicted octanol–water partition coefficient (Wildman–Crippen LogP) is 3.33. The van der Waals surface area contributed by atoms with Crippen molar-refractivity contribution >= 4 is 23.4 Å². The van der Waals surface area contributed by atoms with E-state index in [1.54, 1.807) is 6.92 Å². The smallest absolute Gasteiger partial charge is 0.233 e. The van der Waals surface area contributed by atoms with Gasteiger partial charge in [0.05, 0.1) is 10.1 Å². The fourth-order valence-corrected chi connectivity index (χ4v) is 2.66. The second kappa shape index (κ2) is 7.47. The summed E-state index contributed by atoms with van der Waals surface area (Å²) in [4.78, 5) is 11.7. The molecule has 0 aromatic heterocycles. The van der Waals surface area contributed by atoms with Crippen molar-refractivity contribution in [3.05, 3.63) is 23.8 Å². The monoisotopic (exact) mass is 302 g/mol. The SMILES string of the molecule is CCCC(C)NC(=O)C(C)Sc1c(F)cc(N)cc1F. The molecule has 0 aliphatic heterocycles. The molecule has 0 bridgehead atoms. The molecular formula is C14H20F2N2OS. The molecule has 1 aromatic carbocycles. The van der Waals surface area contributed by atoms with Crippen LogP contribution in [0.1, 0.15) is 33.6 Å². The molecule has 0 aliphatic rings.